The molecule has 142 valence electrons. The number of amides is 1. The first-order valence-electron chi connectivity index (χ1n) is 8.94. The van der Waals surface area contributed by atoms with Crippen LogP contribution in [0.3, 0.4) is 0 Å². The van der Waals surface area contributed by atoms with Gasteiger partial charge in [0.2, 0.25) is 0 Å². The molecule has 4 N–H and O–H groups in total. The minimum absolute atomic E-state index is 0.00407. The van der Waals surface area contributed by atoms with E-state index in [1.54, 1.807) is 31.2 Å². The number of hydrazone groups is 1. The largest absolute Gasteiger partial charge is 0.507 e. The molecule has 1 heterocycles. The molecule has 0 radical (unpaired) electrons. The fraction of sp³-hybridized carbons (Fsp3) is 0.300. The molecular weight excluding hydrogens is 344 g/mol. The molecule has 2 aromatic rings. The van der Waals surface area contributed by atoms with Crippen LogP contribution in [-0.4, -0.2) is 29.4 Å². The van der Waals surface area contributed by atoms with Gasteiger partial charge in [-0.1, -0.05) is 24.3 Å². The average Bonchev–Trinajstić information content (AvgIpc) is 3.17. The van der Waals surface area contributed by atoms with Gasteiger partial charge in [0.05, 0.1) is 12.3 Å². The highest BCUT2D eigenvalue weighted by Gasteiger charge is 2.30. The lowest BCUT2D eigenvalue weighted by atomic mass is 10.0. The second-order valence-corrected chi connectivity index (χ2v) is 6.33. The standard InChI is InChI=1S/C20H24N4O3/c1-3-27-15-8-6-7-14(11-15)17-12-18(23-22-17)20(26)24-21-13(2)16-9-4-5-10-19(16)25/h4-11,17-18,22-23,25H,3,12H2,1-2H3,(H,24,26)/b21-13+. The highest BCUT2D eigenvalue weighted by atomic mass is 16.5. The Kier molecular flexibility index (Phi) is 6.05. The molecule has 1 fully saturated rings. The number of carbonyl (C=O) groups excluding carboxylic acids is 1. The van der Waals surface area contributed by atoms with Crippen LogP contribution in [0.25, 0.3) is 0 Å². The molecule has 7 nitrogen and oxygen atoms in total. The van der Waals surface area contributed by atoms with Crippen LogP contribution in [0.4, 0.5) is 0 Å². The SMILES string of the molecule is CCOc1cccc(C2CC(C(=O)N/N=C(\C)c3ccccc3O)NN2)c1. The van der Waals surface area contributed by atoms with E-state index in [1.807, 2.05) is 31.2 Å². The number of phenolic OH excluding ortho intramolecular Hbond substituents is 1. The third kappa shape index (κ3) is 4.64. The summed E-state index contributed by atoms with van der Waals surface area (Å²) in [5.74, 6) is 0.705. The number of aromatic hydroxyl groups is 1. The van der Waals surface area contributed by atoms with Crippen molar-refractivity contribution in [3.05, 3.63) is 59.7 Å². The van der Waals surface area contributed by atoms with Crippen LogP contribution in [0.1, 0.15) is 37.4 Å². The number of nitrogens with one attached hydrogen (secondary N) is 3. The molecule has 1 saturated heterocycles. The number of hydrogen-bond acceptors (Lipinski definition) is 6. The van der Waals surface area contributed by atoms with Crippen LogP contribution in [0, 0.1) is 0 Å². The lowest BCUT2D eigenvalue weighted by Gasteiger charge is -2.11. The first kappa shape index (κ1) is 18.9. The van der Waals surface area contributed by atoms with Gasteiger partial charge in [-0.15, -0.1) is 0 Å². The number of para-hydroxylation sites is 1. The Morgan fingerprint density at radius 1 is 1.26 bits per heavy atom. The number of carbonyl (C=O) groups is 1. The predicted octanol–water partition coefficient (Wildman–Crippen LogP) is 2.24. The summed E-state index contributed by atoms with van der Waals surface area (Å²) in [6.07, 6.45) is 0.590. The molecule has 0 aliphatic carbocycles. The number of ether oxygens (including phenoxy) is 1. The Hall–Kier alpha value is -2.90. The van der Waals surface area contributed by atoms with E-state index in [9.17, 15) is 9.90 Å². The van der Waals surface area contributed by atoms with Crippen LogP contribution in [0.5, 0.6) is 11.5 Å². The van der Waals surface area contributed by atoms with Crippen molar-refractivity contribution < 1.29 is 14.6 Å². The van der Waals surface area contributed by atoms with Gasteiger partial charge < -0.3 is 9.84 Å². The lowest BCUT2D eigenvalue weighted by Crippen LogP contribution is -2.41. The molecule has 1 amide bonds. The zero-order valence-electron chi connectivity index (χ0n) is 15.4. The van der Waals surface area contributed by atoms with Gasteiger partial charge in [-0.2, -0.15) is 5.10 Å². The van der Waals surface area contributed by atoms with Gasteiger partial charge in [-0.25, -0.2) is 16.3 Å². The monoisotopic (exact) mass is 368 g/mol. The van der Waals surface area contributed by atoms with Crippen molar-refractivity contribution in [3.63, 3.8) is 0 Å². The van der Waals surface area contributed by atoms with Gasteiger partial charge in [0.1, 0.15) is 17.5 Å². The van der Waals surface area contributed by atoms with Crippen molar-refractivity contribution in [2.45, 2.75) is 32.4 Å². The number of rotatable bonds is 6. The summed E-state index contributed by atoms with van der Waals surface area (Å²) >= 11 is 0. The molecule has 0 bridgehead atoms. The van der Waals surface area contributed by atoms with Crippen LogP contribution in [0.2, 0.25) is 0 Å². The van der Waals surface area contributed by atoms with Crippen molar-refractivity contribution in [2.24, 2.45) is 5.10 Å². The smallest absolute Gasteiger partial charge is 0.258 e. The molecule has 2 atom stereocenters. The third-order valence-corrected chi connectivity index (χ3v) is 4.42. The Bertz CT molecular complexity index is 837. The van der Waals surface area contributed by atoms with Crippen LogP contribution in [0.15, 0.2) is 53.6 Å². The van der Waals surface area contributed by atoms with Gasteiger partial charge >= 0.3 is 0 Å². The van der Waals surface area contributed by atoms with Crippen LogP contribution in [-0.2, 0) is 4.79 Å². The van der Waals surface area contributed by atoms with Gasteiger partial charge in [-0.3, -0.25) is 4.79 Å². The zero-order chi connectivity index (χ0) is 19.2. The van der Waals surface area contributed by atoms with Gasteiger partial charge in [0.15, 0.2) is 0 Å². The Balaban J connectivity index is 1.60. The molecule has 1 aliphatic heterocycles. The van der Waals surface area contributed by atoms with E-state index in [4.69, 9.17) is 4.74 Å². The van der Waals surface area contributed by atoms with Crippen LogP contribution < -0.4 is 21.0 Å². The summed E-state index contributed by atoms with van der Waals surface area (Å²) in [5.41, 5.74) is 10.9. The molecule has 2 aromatic carbocycles. The number of benzene rings is 2. The van der Waals surface area contributed by atoms with E-state index >= 15 is 0 Å². The summed E-state index contributed by atoms with van der Waals surface area (Å²) in [5, 5.41) is 14.0. The number of phenols is 1. The topological polar surface area (TPSA) is 95.0 Å². The summed E-state index contributed by atoms with van der Waals surface area (Å²) < 4.78 is 5.53. The average molecular weight is 368 g/mol. The second kappa shape index (κ2) is 8.66. The van der Waals surface area contributed by atoms with E-state index in [0.717, 1.165) is 11.3 Å². The normalized spacial score (nSPS) is 19.7. The molecule has 3 rings (SSSR count). The van der Waals surface area contributed by atoms with Crippen molar-refractivity contribution >= 4 is 11.6 Å². The Morgan fingerprint density at radius 3 is 2.85 bits per heavy atom. The van der Waals surface area contributed by atoms with Crippen molar-refractivity contribution in [1.29, 1.82) is 0 Å². The second-order valence-electron chi connectivity index (χ2n) is 6.33. The third-order valence-electron chi connectivity index (χ3n) is 4.42. The summed E-state index contributed by atoms with van der Waals surface area (Å²) in [6, 6.07) is 14.3. The quantitative estimate of drug-likeness (QED) is 0.463. The highest BCUT2D eigenvalue weighted by Crippen LogP contribution is 2.25. The summed E-state index contributed by atoms with van der Waals surface area (Å²) in [6.45, 7) is 4.29. The predicted molar refractivity (Wildman–Crippen MR) is 103 cm³/mol. The maximum atomic E-state index is 12.4. The summed E-state index contributed by atoms with van der Waals surface area (Å²) in [4.78, 5) is 12.4. The molecule has 7 heteroatoms. The number of nitrogens with zero attached hydrogens (tertiary/aromatic N) is 1. The molecular formula is C20H24N4O3. The van der Waals surface area contributed by atoms with Crippen molar-refractivity contribution in [3.8, 4) is 11.5 Å². The van der Waals surface area contributed by atoms with E-state index in [2.05, 4.69) is 21.4 Å². The van der Waals surface area contributed by atoms with E-state index in [0.29, 0.717) is 24.3 Å². The fourth-order valence-electron chi connectivity index (χ4n) is 2.99. The van der Waals surface area contributed by atoms with E-state index in [1.165, 1.54) is 0 Å². The maximum Gasteiger partial charge on any atom is 0.258 e. The fourth-order valence-corrected chi connectivity index (χ4v) is 2.99. The Morgan fingerprint density at radius 2 is 2.07 bits per heavy atom. The highest BCUT2D eigenvalue weighted by molar-refractivity contribution is 6.01. The molecule has 2 unspecified atom stereocenters. The lowest BCUT2D eigenvalue weighted by molar-refractivity contribution is -0.122. The van der Waals surface area contributed by atoms with Crippen LogP contribution >= 0.6 is 0 Å². The van der Waals surface area contributed by atoms with Gasteiger partial charge in [0, 0.05) is 11.6 Å². The van der Waals surface area contributed by atoms with E-state index < -0.39 is 6.04 Å². The molecule has 0 saturated carbocycles. The van der Waals surface area contributed by atoms with Crippen molar-refractivity contribution in [2.75, 3.05) is 6.61 Å². The Labute approximate surface area is 158 Å². The van der Waals surface area contributed by atoms with E-state index in [-0.39, 0.29) is 17.7 Å². The zero-order valence-corrected chi connectivity index (χ0v) is 15.4. The minimum Gasteiger partial charge on any atom is -0.507 e. The van der Waals surface area contributed by atoms with Gasteiger partial charge in [-0.05, 0) is 50.1 Å². The van der Waals surface area contributed by atoms with Crippen molar-refractivity contribution in [1.82, 2.24) is 16.3 Å². The van der Waals surface area contributed by atoms with Gasteiger partial charge in [0.25, 0.3) is 5.91 Å². The molecule has 0 aromatic heterocycles. The molecule has 27 heavy (non-hydrogen) atoms. The minimum atomic E-state index is -0.410. The summed E-state index contributed by atoms with van der Waals surface area (Å²) in [7, 11) is 0. The molecule has 0 spiro atoms. The first-order valence-corrected chi connectivity index (χ1v) is 8.94. The first-order chi connectivity index (χ1) is 13.1. The molecule has 1 aliphatic rings. The number of hydrogen-bond donors (Lipinski definition) is 4. The maximum absolute atomic E-state index is 12.4. The number of hydrazine groups is 1.